The van der Waals surface area contributed by atoms with Crippen LogP contribution in [0.2, 0.25) is 5.02 Å². The molecule has 0 saturated carbocycles. The lowest BCUT2D eigenvalue weighted by Crippen LogP contribution is -2.48. The van der Waals surface area contributed by atoms with Crippen LogP contribution < -0.4 is 11.1 Å². The van der Waals surface area contributed by atoms with Gasteiger partial charge in [0, 0.05) is 24.3 Å². The molecule has 0 aliphatic carbocycles. The van der Waals surface area contributed by atoms with Crippen molar-refractivity contribution in [1.82, 2.24) is 10.2 Å². The van der Waals surface area contributed by atoms with Crippen molar-refractivity contribution in [1.29, 1.82) is 0 Å². The molecular formula is C14H20ClN3O. The molecule has 104 valence electrons. The van der Waals surface area contributed by atoms with E-state index in [0.29, 0.717) is 17.3 Å². The van der Waals surface area contributed by atoms with E-state index in [1.54, 1.807) is 13.1 Å². The summed E-state index contributed by atoms with van der Waals surface area (Å²) in [6.07, 6.45) is 3.12. The minimum atomic E-state index is -0.0590. The smallest absolute Gasteiger partial charge is 0.237 e. The Kier molecular flexibility index (Phi) is 4.66. The maximum atomic E-state index is 11.9. The number of likely N-dealkylation sites (N-methyl/N-ethyl adjacent to an activating group) is 1. The lowest BCUT2D eigenvalue weighted by molar-refractivity contribution is -0.127. The van der Waals surface area contributed by atoms with Gasteiger partial charge in [-0.2, -0.15) is 0 Å². The van der Waals surface area contributed by atoms with Crippen molar-refractivity contribution in [2.45, 2.75) is 31.8 Å². The number of hydrogen-bond donors (Lipinski definition) is 2. The van der Waals surface area contributed by atoms with Gasteiger partial charge in [0.05, 0.1) is 6.04 Å². The van der Waals surface area contributed by atoms with Gasteiger partial charge in [-0.25, -0.2) is 0 Å². The van der Waals surface area contributed by atoms with E-state index in [1.165, 1.54) is 0 Å². The molecule has 1 aliphatic heterocycles. The number of nitrogens with one attached hydrogen (secondary N) is 1. The highest BCUT2D eigenvalue weighted by atomic mass is 35.5. The number of nitrogen functional groups attached to an aromatic ring is 1. The predicted octanol–water partition coefficient (Wildman–Crippen LogP) is 2.02. The van der Waals surface area contributed by atoms with Gasteiger partial charge in [-0.15, -0.1) is 0 Å². The lowest BCUT2D eigenvalue weighted by Gasteiger charge is -2.34. The predicted molar refractivity (Wildman–Crippen MR) is 78.0 cm³/mol. The Hall–Kier alpha value is -1.26. The van der Waals surface area contributed by atoms with Crippen molar-refractivity contribution < 1.29 is 4.79 Å². The summed E-state index contributed by atoms with van der Waals surface area (Å²) in [5, 5.41) is 3.44. The summed E-state index contributed by atoms with van der Waals surface area (Å²) >= 11 is 6.19. The zero-order chi connectivity index (χ0) is 13.8. The first-order valence-corrected chi connectivity index (χ1v) is 6.99. The Balaban J connectivity index is 2.15. The van der Waals surface area contributed by atoms with E-state index in [4.69, 9.17) is 17.3 Å². The van der Waals surface area contributed by atoms with Crippen LogP contribution in [0.5, 0.6) is 0 Å². The van der Waals surface area contributed by atoms with Crippen LogP contribution in [0.3, 0.4) is 0 Å². The molecule has 3 N–H and O–H groups in total. The number of carbonyl (C=O) groups excluding carboxylic acids is 1. The number of likely N-dealkylation sites (tertiary alicyclic amines) is 1. The standard InChI is InChI=1S/C14H20ClN3O/c1-17-14(19)13-4-2-3-7-18(13)9-10-8-11(16)5-6-12(10)15/h5-6,8,13H,2-4,7,9,16H2,1H3,(H,17,19). The van der Waals surface area contributed by atoms with Crippen molar-refractivity contribution in [2.75, 3.05) is 19.3 Å². The van der Waals surface area contributed by atoms with Crippen LogP contribution in [-0.2, 0) is 11.3 Å². The average Bonchev–Trinajstić information content (AvgIpc) is 2.42. The summed E-state index contributed by atoms with van der Waals surface area (Å²) in [5.74, 6) is 0.0831. The second kappa shape index (κ2) is 6.26. The van der Waals surface area contributed by atoms with Crippen LogP contribution in [0, 0.1) is 0 Å². The van der Waals surface area contributed by atoms with E-state index < -0.39 is 0 Å². The number of amides is 1. The zero-order valence-corrected chi connectivity index (χ0v) is 11.9. The van der Waals surface area contributed by atoms with E-state index >= 15 is 0 Å². The number of anilines is 1. The number of benzene rings is 1. The van der Waals surface area contributed by atoms with Crippen LogP contribution in [0.4, 0.5) is 5.69 Å². The molecule has 1 atom stereocenters. The molecule has 0 bridgehead atoms. The molecule has 1 unspecified atom stereocenters. The summed E-state index contributed by atoms with van der Waals surface area (Å²) in [5.41, 5.74) is 7.48. The van der Waals surface area contributed by atoms with Crippen molar-refractivity contribution in [2.24, 2.45) is 0 Å². The van der Waals surface area contributed by atoms with Gasteiger partial charge < -0.3 is 11.1 Å². The molecule has 1 amide bonds. The molecule has 1 fully saturated rings. The Bertz CT molecular complexity index is 464. The summed E-state index contributed by atoms with van der Waals surface area (Å²) in [7, 11) is 1.68. The molecule has 1 aliphatic rings. The first-order chi connectivity index (χ1) is 9.11. The summed E-state index contributed by atoms with van der Waals surface area (Å²) < 4.78 is 0. The second-order valence-electron chi connectivity index (χ2n) is 4.95. The van der Waals surface area contributed by atoms with Gasteiger partial charge in [-0.3, -0.25) is 9.69 Å². The highest BCUT2D eigenvalue weighted by Crippen LogP contribution is 2.25. The van der Waals surface area contributed by atoms with Crippen LogP contribution in [0.15, 0.2) is 18.2 Å². The summed E-state index contributed by atoms with van der Waals surface area (Å²) in [6, 6.07) is 5.43. The van der Waals surface area contributed by atoms with E-state index in [0.717, 1.165) is 31.4 Å². The molecule has 1 aromatic rings. The Labute approximate surface area is 118 Å². The second-order valence-corrected chi connectivity index (χ2v) is 5.35. The number of halogens is 1. The van der Waals surface area contributed by atoms with Gasteiger partial charge in [0.25, 0.3) is 0 Å². The Morgan fingerprint density at radius 3 is 3.05 bits per heavy atom. The first kappa shape index (κ1) is 14.2. The average molecular weight is 282 g/mol. The maximum absolute atomic E-state index is 11.9. The van der Waals surface area contributed by atoms with Gasteiger partial charge in [-0.1, -0.05) is 18.0 Å². The van der Waals surface area contributed by atoms with Crippen LogP contribution >= 0.6 is 11.6 Å². The van der Waals surface area contributed by atoms with E-state index in [9.17, 15) is 4.79 Å². The molecule has 4 nitrogen and oxygen atoms in total. The Morgan fingerprint density at radius 2 is 2.32 bits per heavy atom. The van der Waals surface area contributed by atoms with Gasteiger partial charge in [0.1, 0.15) is 0 Å². The highest BCUT2D eigenvalue weighted by molar-refractivity contribution is 6.31. The lowest BCUT2D eigenvalue weighted by atomic mass is 10.0. The molecule has 0 radical (unpaired) electrons. The summed E-state index contributed by atoms with van der Waals surface area (Å²) in [6.45, 7) is 1.59. The SMILES string of the molecule is CNC(=O)C1CCCCN1Cc1cc(N)ccc1Cl. The van der Waals surface area contributed by atoms with Crippen molar-refractivity contribution in [3.63, 3.8) is 0 Å². The van der Waals surface area contributed by atoms with Gasteiger partial charge in [-0.05, 0) is 43.1 Å². The third-order valence-corrected chi connectivity index (χ3v) is 3.97. The molecule has 1 aromatic carbocycles. The molecular weight excluding hydrogens is 262 g/mol. The fourth-order valence-electron chi connectivity index (χ4n) is 2.58. The molecule has 0 aromatic heterocycles. The maximum Gasteiger partial charge on any atom is 0.237 e. The van der Waals surface area contributed by atoms with E-state index in [-0.39, 0.29) is 11.9 Å². The molecule has 0 spiro atoms. The van der Waals surface area contributed by atoms with Gasteiger partial charge >= 0.3 is 0 Å². The number of nitrogens with zero attached hydrogens (tertiary/aromatic N) is 1. The fourth-order valence-corrected chi connectivity index (χ4v) is 2.76. The number of piperidine rings is 1. The minimum Gasteiger partial charge on any atom is -0.399 e. The molecule has 5 heteroatoms. The topological polar surface area (TPSA) is 58.4 Å². The largest absolute Gasteiger partial charge is 0.399 e. The quantitative estimate of drug-likeness (QED) is 0.834. The number of rotatable bonds is 3. The van der Waals surface area contributed by atoms with Crippen molar-refractivity contribution >= 4 is 23.2 Å². The molecule has 1 heterocycles. The third kappa shape index (κ3) is 3.39. The third-order valence-electron chi connectivity index (χ3n) is 3.61. The normalized spacial score (nSPS) is 20.2. The van der Waals surface area contributed by atoms with Crippen LogP contribution in [-0.4, -0.2) is 30.4 Å². The first-order valence-electron chi connectivity index (χ1n) is 6.61. The van der Waals surface area contributed by atoms with Crippen LogP contribution in [0.1, 0.15) is 24.8 Å². The number of nitrogens with two attached hydrogens (primary N) is 1. The summed E-state index contributed by atoms with van der Waals surface area (Å²) in [4.78, 5) is 14.1. The van der Waals surface area contributed by atoms with Crippen molar-refractivity contribution in [3.05, 3.63) is 28.8 Å². The van der Waals surface area contributed by atoms with Crippen molar-refractivity contribution in [3.8, 4) is 0 Å². The minimum absolute atomic E-state index is 0.0590. The number of carbonyl (C=O) groups is 1. The van der Waals surface area contributed by atoms with Gasteiger partial charge in [0.2, 0.25) is 5.91 Å². The molecule has 19 heavy (non-hydrogen) atoms. The van der Waals surface area contributed by atoms with E-state index in [2.05, 4.69) is 10.2 Å². The van der Waals surface area contributed by atoms with E-state index in [1.807, 2.05) is 12.1 Å². The molecule has 2 rings (SSSR count). The van der Waals surface area contributed by atoms with Gasteiger partial charge in [0.15, 0.2) is 0 Å². The molecule has 1 saturated heterocycles. The Morgan fingerprint density at radius 1 is 1.53 bits per heavy atom. The highest BCUT2D eigenvalue weighted by Gasteiger charge is 2.28. The zero-order valence-electron chi connectivity index (χ0n) is 11.2. The monoisotopic (exact) mass is 281 g/mol. The van der Waals surface area contributed by atoms with Crippen LogP contribution in [0.25, 0.3) is 0 Å². The fraction of sp³-hybridized carbons (Fsp3) is 0.500. The number of hydrogen-bond acceptors (Lipinski definition) is 3.